The van der Waals surface area contributed by atoms with Crippen molar-refractivity contribution in [3.63, 3.8) is 0 Å². The zero-order valence-electron chi connectivity index (χ0n) is 13.8. The summed E-state index contributed by atoms with van der Waals surface area (Å²) in [5.41, 5.74) is 0.955. The number of carbonyl (C=O) groups is 1. The lowest BCUT2D eigenvalue weighted by Crippen LogP contribution is -2.25. The van der Waals surface area contributed by atoms with Gasteiger partial charge in [0.1, 0.15) is 11.0 Å². The van der Waals surface area contributed by atoms with Gasteiger partial charge in [-0.1, -0.05) is 19.3 Å². The molecular formula is C16H29NO3S. The predicted octanol–water partition coefficient (Wildman–Crippen LogP) is 3.81. The van der Waals surface area contributed by atoms with Crippen molar-refractivity contribution in [1.29, 1.82) is 0 Å². The number of hydrogen-bond acceptors (Lipinski definition) is 3. The van der Waals surface area contributed by atoms with Crippen LogP contribution in [0.5, 0.6) is 0 Å². The van der Waals surface area contributed by atoms with E-state index in [1.165, 1.54) is 19.3 Å². The van der Waals surface area contributed by atoms with Gasteiger partial charge in [-0.05, 0) is 52.9 Å². The van der Waals surface area contributed by atoms with Crippen molar-refractivity contribution < 1.29 is 13.7 Å². The number of esters is 1. The van der Waals surface area contributed by atoms with E-state index < -0.39 is 11.0 Å². The largest absolute Gasteiger partial charge is 0.466 e. The molecule has 1 aliphatic rings. The van der Waals surface area contributed by atoms with Gasteiger partial charge in [-0.25, -0.2) is 4.21 Å². The van der Waals surface area contributed by atoms with E-state index in [9.17, 15) is 9.00 Å². The third-order valence-electron chi connectivity index (χ3n) is 3.69. The maximum absolute atomic E-state index is 12.3. The second kappa shape index (κ2) is 8.66. The minimum Gasteiger partial charge on any atom is -0.466 e. The highest BCUT2D eigenvalue weighted by atomic mass is 32.2. The van der Waals surface area contributed by atoms with Crippen molar-refractivity contribution in [2.24, 2.45) is 10.3 Å². The van der Waals surface area contributed by atoms with E-state index in [0.29, 0.717) is 25.4 Å². The van der Waals surface area contributed by atoms with Crippen LogP contribution in [0.2, 0.25) is 0 Å². The van der Waals surface area contributed by atoms with E-state index in [0.717, 1.165) is 18.6 Å². The first kappa shape index (κ1) is 18.3. The summed E-state index contributed by atoms with van der Waals surface area (Å²) in [6.45, 7) is 7.99. The third-order valence-corrected chi connectivity index (χ3v) is 5.14. The van der Waals surface area contributed by atoms with E-state index in [1.54, 1.807) is 0 Å². The minimum absolute atomic E-state index is 0.192. The summed E-state index contributed by atoms with van der Waals surface area (Å²) < 4.78 is 21.4. The Morgan fingerprint density at radius 3 is 2.33 bits per heavy atom. The Bertz CT molecular complexity index is 393. The Balaban J connectivity index is 2.76. The molecule has 0 saturated heterocycles. The number of carbonyl (C=O) groups excluding carboxylic acids is 1. The standard InChI is InChI=1S/C16H29NO3S/c1-5-20-15(18)12-11-14(13-9-7-6-8-10-13)17-21(19)16(2,3)4/h13H,5-12H2,1-4H3/b17-14-. The summed E-state index contributed by atoms with van der Waals surface area (Å²) in [6, 6.07) is 0. The van der Waals surface area contributed by atoms with E-state index in [4.69, 9.17) is 4.74 Å². The van der Waals surface area contributed by atoms with Crippen molar-refractivity contribution in [2.45, 2.75) is 77.4 Å². The maximum Gasteiger partial charge on any atom is 0.306 e. The molecule has 0 bridgehead atoms. The molecule has 1 aliphatic carbocycles. The van der Waals surface area contributed by atoms with E-state index in [-0.39, 0.29) is 10.7 Å². The van der Waals surface area contributed by atoms with Crippen LogP contribution in [0.15, 0.2) is 4.40 Å². The van der Waals surface area contributed by atoms with Gasteiger partial charge in [0.25, 0.3) is 0 Å². The molecule has 0 aromatic heterocycles. The first-order chi connectivity index (χ1) is 9.84. The molecule has 4 nitrogen and oxygen atoms in total. The fraction of sp³-hybridized carbons (Fsp3) is 0.875. The van der Waals surface area contributed by atoms with Crippen LogP contribution in [-0.2, 0) is 20.5 Å². The third kappa shape index (κ3) is 6.72. The summed E-state index contributed by atoms with van der Waals surface area (Å²) in [7, 11) is -1.25. The number of rotatable bonds is 6. The van der Waals surface area contributed by atoms with E-state index in [1.807, 2.05) is 27.7 Å². The Morgan fingerprint density at radius 2 is 1.81 bits per heavy atom. The average Bonchev–Trinajstić information content (AvgIpc) is 2.43. The first-order valence-electron chi connectivity index (χ1n) is 7.99. The van der Waals surface area contributed by atoms with E-state index in [2.05, 4.69) is 4.40 Å². The molecule has 1 fully saturated rings. The molecule has 0 aliphatic heterocycles. The highest BCUT2D eigenvalue weighted by Gasteiger charge is 2.24. The van der Waals surface area contributed by atoms with Gasteiger partial charge in [0.05, 0.1) is 17.8 Å². The number of nitrogens with zero attached hydrogens (tertiary/aromatic N) is 1. The van der Waals surface area contributed by atoms with Gasteiger partial charge < -0.3 is 4.74 Å². The number of ether oxygens (including phenoxy) is 1. The number of hydrogen-bond donors (Lipinski definition) is 0. The van der Waals surface area contributed by atoms with Gasteiger partial charge in [0.2, 0.25) is 0 Å². The van der Waals surface area contributed by atoms with Crippen molar-refractivity contribution >= 4 is 22.7 Å². The average molecular weight is 315 g/mol. The Morgan fingerprint density at radius 1 is 1.19 bits per heavy atom. The van der Waals surface area contributed by atoms with Crippen molar-refractivity contribution in [3.05, 3.63) is 0 Å². The fourth-order valence-corrected chi connectivity index (χ4v) is 3.19. The fourth-order valence-electron chi connectivity index (χ4n) is 2.47. The van der Waals surface area contributed by atoms with Gasteiger partial charge in [0, 0.05) is 5.71 Å². The molecule has 1 atom stereocenters. The van der Waals surface area contributed by atoms with Crippen LogP contribution in [0, 0.1) is 5.92 Å². The zero-order valence-corrected chi connectivity index (χ0v) is 14.6. The summed E-state index contributed by atoms with van der Waals surface area (Å²) in [6.07, 6.45) is 6.78. The molecule has 5 heteroatoms. The summed E-state index contributed by atoms with van der Waals surface area (Å²) in [4.78, 5) is 11.6. The van der Waals surface area contributed by atoms with Crippen LogP contribution < -0.4 is 0 Å². The molecular weight excluding hydrogens is 286 g/mol. The molecule has 21 heavy (non-hydrogen) atoms. The quantitative estimate of drug-likeness (QED) is 0.553. The second-order valence-electron chi connectivity index (χ2n) is 6.58. The Labute approximate surface area is 131 Å². The van der Waals surface area contributed by atoms with Gasteiger partial charge in [-0.2, -0.15) is 4.40 Å². The van der Waals surface area contributed by atoms with Gasteiger partial charge in [-0.15, -0.1) is 0 Å². The molecule has 0 radical (unpaired) electrons. The lowest BCUT2D eigenvalue weighted by Gasteiger charge is -2.24. The van der Waals surface area contributed by atoms with Crippen molar-refractivity contribution in [3.8, 4) is 0 Å². The molecule has 0 aromatic carbocycles. The molecule has 0 amide bonds. The van der Waals surface area contributed by atoms with Gasteiger partial charge in [-0.3, -0.25) is 4.79 Å². The van der Waals surface area contributed by atoms with Crippen molar-refractivity contribution in [1.82, 2.24) is 0 Å². The van der Waals surface area contributed by atoms with Crippen LogP contribution >= 0.6 is 0 Å². The monoisotopic (exact) mass is 315 g/mol. The molecule has 0 heterocycles. The molecule has 0 aromatic rings. The van der Waals surface area contributed by atoms with Gasteiger partial charge >= 0.3 is 5.97 Å². The second-order valence-corrected chi connectivity index (χ2v) is 8.49. The molecule has 122 valence electrons. The first-order valence-corrected chi connectivity index (χ1v) is 9.10. The Kier molecular flexibility index (Phi) is 7.57. The molecule has 0 spiro atoms. The topological polar surface area (TPSA) is 55.7 Å². The SMILES string of the molecule is CCOC(=O)CC/C(=N/S(=O)C(C)(C)C)C1CCCCC1. The van der Waals surface area contributed by atoms with Gasteiger partial charge in [0.15, 0.2) is 0 Å². The van der Waals surface area contributed by atoms with Crippen LogP contribution in [0.3, 0.4) is 0 Å². The maximum atomic E-state index is 12.3. The minimum atomic E-state index is -1.25. The highest BCUT2D eigenvalue weighted by molar-refractivity contribution is 7.85. The van der Waals surface area contributed by atoms with Crippen LogP contribution in [-0.4, -0.2) is 27.2 Å². The summed E-state index contributed by atoms with van der Waals surface area (Å²) in [5.74, 6) is 0.196. The van der Waals surface area contributed by atoms with E-state index >= 15 is 0 Å². The highest BCUT2D eigenvalue weighted by Crippen LogP contribution is 2.27. The lowest BCUT2D eigenvalue weighted by atomic mass is 9.84. The van der Waals surface area contributed by atoms with Crippen molar-refractivity contribution in [2.75, 3.05) is 6.61 Å². The normalized spacial score (nSPS) is 19.3. The molecule has 1 rings (SSSR count). The smallest absolute Gasteiger partial charge is 0.306 e. The molecule has 1 saturated carbocycles. The molecule has 0 N–H and O–H groups in total. The molecule has 1 unspecified atom stereocenters. The van der Waals surface area contributed by atoms with Crippen LogP contribution in [0.25, 0.3) is 0 Å². The summed E-state index contributed by atoms with van der Waals surface area (Å²) in [5, 5.41) is 0. The lowest BCUT2D eigenvalue weighted by molar-refractivity contribution is -0.142. The summed E-state index contributed by atoms with van der Waals surface area (Å²) >= 11 is 0. The predicted molar refractivity (Wildman–Crippen MR) is 87.8 cm³/mol. The zero-order chi connectivity index (χ0) is 15.9. The van der Waals surface area contributed by atoms with Crippen LogP contribution in [0.4, 0.5) is 0 Å². The van der Waals surface area contributed by atoms with Crippen LogP contribution in [0.1, 0.15) is 72.6 Å². The Hall–Kier alpha value is -0.710.